The Balaban J connectivity index is 1.65. The summed E-state index contributed by atoms with van der Waals surface area (Å²) < 4.78 is 38.0. The maximum atomic E-state index is 12.5. The van der Waals surface area contributed by atoms with Crippen molar-refractivity contribution in [3.63, 3.8) is 0 Å². The molecule has 0 aromatic heterocycles. The molecule has 0 atom stereocenters. The highest BCUT2D eigenvalue weighted by molar-refractivity contribution is 7.92. The first-order valence-electron chi connectivity index (χ1n) is 8.41. The van der Waals surface area contributed by atoms with Crippen LogP contribution in [-0.2, 0) is 10.0 Å². The number of urea groups is 1. The number of sulfonamides is 1. The van der Waals surface area contributed by atoms with E-state index >= 15 is 0 Å². The third kappa shape index (κ3) is 4.82. The molecule has 27 heavy (non-hydrogen) atoms. The Kier molecular flexibility index (Phi) is 5.41. The molecule has 0 bridgehead atoms. The zero-order valence-corrected chi connectivity index (χ0v) is 15.8. The fraction of sp³-hybridized carbons (Fsp3) is 0.278. The van der Waals surface area contributed by atoms with E-state index in [-0.39, 0.29) is 17.7 Å². The van der Waals surface area contributed by atoms with Crippen LogP contribution in [0.15, 0.2) is 47.4 Å². The van der Waals surface area contributed by atoms with Crippen LogP contribution in [0.1, 0.15) is 13.8 Å². The van der Waals surface area contributed by atoms with Crippen molar-refractivity contribution < 1.29 is 22.7 Å². The SMILES string of the molecule is CC(C)CNC(=O)Nc1ccc(S(=O)(=O)Nc2ccc3c(c2)OCO3)cc1. The molecule has 3 N–H and O–H groups in total. The lowest BCUT2D eigenvalue weighted by molar-refractivity contribution is 0.174. The molecule has 0 radical (unpaired) electrons. The predicted molar refractivity (Wildman–Crippen MR) is 102 cm³/mol. The first-order chi connectivity index (χ1) is 12.8. The monoisotopic (exact) mass is 391 g/mol. The molecule has 0 fully saturated rings. The molecular weight excluding hydrogens is 370 g/mol. The standard InChI is InChI=1S/C18H21N3O5S/c1-12(2)10-19-18(22)20-13-3-6-15(7-4-13)27(23,24)21-14-5-8-16-17(9-14)26-11-25-16/h3-9,12,21H,10-11H2,1-2H3,(H2,19,20,22). The number of ether oxygens (including phenoxy) is 2. The van der Waals surface area contributed by atoms with E-state index in [4.69, 9.17) is 9.47 Å². The molecule has 3 rings (SSSR count). The van der Waals surface area contributed by atoms with Crippen LogP contribution in [0.4, 0.5) is 16.2 Å². The summed E-state index contributed by atoms with van der Waals surface area (Å²) in [5.41, 5.74) is 0.868. The van der Waals surface area contributed by atoms with Gasteiger partial charge >= 0.3 is 6.03 Å². The quantitative estimate of drug-likeness (QED) is 0.702. The van der Waals surface area contributed by atoms with E-state index in [1.54, 1.807) is 18.2 Å². The molecule has 0 saturated heterocycles. The molecule has 1 aliphatic heterocycles. The Morgan fingerprint density at radius 2 is 1.70 bits per heavy atom. The molecule has 1 aliphatic rings. The summed E-state index contributed by atoms with van der Waals surface area (Å²) in [4.78, 5) is 11.8. The third-order valence-corrected chi connectivity index (χ3v) is 5.12. The fourth-order valence-electron chi connectivity index (χ4n) is 2.36. The summed E-state index contributed by atoms with van der Waals surface area (Å²) in [6.07, 6.45) is 0. The zero-order chi connectivity index (χ0) is 19.4. The van der Waals surface area contributed by atoms with Gasteiger partial charge in [-0.3, -0.25) is 4.72 Å². The van der Waals surface area contributed by atoms with Crippen molar-refractivity contribution in [3.05, 3.63) is 42.5 Å². The minimum Gasteiger partial charge on any atom is -0.454 e. The lowest BCUT2D eigenvalue weighted by atomic mass is 10.2. The molecule has 1 heterocycles. The molecule has 0 aliphatic carbocycles. The van der Waals surface area contributed by atoms with E-state index < -0.39 is 10.0 Å². The topological polar surface area (TPSA) is 106 Å². The molecule has 2 aromatic carbocycles. The molecule has 8 nitrogen and oxygen atoms in total. The molecule has 0 saturated carbocycles. The van der Waals surface area contributed by atoms with Gasteiger partial charge in [-0.1, -0.05) is 13.8 Å². The average Bonchev–Trinajstić information content (AvgIpc) is 3.08. The first-order valence-corrected chi connectivity index (χ1v) is 9.89. The Morgan fingerprint density at radius 1 is 1.04 bits per heavy atom. The van der Waals surface area contributed by atoms with Gasteiger partial charge in [0.05, 0.1) is 10.6 Å². The summed E-state index contributed by atoms with van der Waals surface area (Å²) in [6.45, 7) is 4.66. The van der Waals surface area contributed by atoms with Crippen molar-refractivity contribution in [2.75, 3.05) is 23.4 Å². The van der Waals surface area contributed by atoms with Gasteiger partial charge in [0.15, 0.2) is 11.5 Å². The van der Waals surface area contributed by atoms with Crippen LogP contribution in [0.25, 0.3) is 0 Å². The number of carbonyl (C=O) groups excluding carboxylic acids is 1. The Labute approximate surface area is 157 Å². The number of hydrogen-bond donors (Lipinski definition) is 3. The van der Waals surface area contributed by atoms with Crippen LogP contribution in [0.3, 0.4) is 0 Å². The maximum absolute atomic E-state index is 12.5. The maximum Gasteiger partial charge on any atom is 0.319 e. The van der Waals surface area contributed by atoms with E-state index in [9.17, 15) is 13.2 Å². The molecule has 2 aromatic rings. The molecule has 2 amide bonds. The highest BCUT2D eigenvalue weighted by Crippen LogP contribution is 2.34. The lowest BCUT2D eigenvalue weighted by Gasteiger charge is -2.11. The molecule has 0 unspecified atom stereocenters. The van der Waals surface area contributed by atoms with Gasteiger partial charge in [-0.05, 0) is 42.3 Å². The van der Waals surface area contributed by atoms with Crippen LogP contribution in [0, 0.1) is 5.92 Å². The molecule has 144 valence electrons. The second kappa shape index (κ2) is 7.75. The normalized spacial score (nSPS) is 12.7. The van der Waals surface area contributed by atoms with Gasteiger partial charge in [0, 0.05) is 18.3 Å². The van der Waals surface area contributed by atoms with Crippen LogP contribution in [0.5, 0.6) is 11.5 Å². The number of carbonyl (C=O) groups is 1. The summed E-state index contributed by atoms with van der Waals surface area (Å²) in [6, 6.07) is 10.4. The van der Waals surface area contributed by atoms with Crippen molar-refractivity contribution in [2.24, 2.45) is 5.92 Å². The van der Waals surface area contributed by atoms with E-state index in [0.717, 1.165) is 0 Å². The van der Waals surface area contributed by atoms with Crippen molar-refractivity contribution >= 4 is 27.4 Å². The van der Waals surface area contributed by atoms with Crippen molar-refractivity contribution in [1.29, 1.82) is 0 Å². The number of benzene rings is 2. The summed E-state index contributed by atoms with van der Waals surface area (Å²) >= 11 is 0. The van der Waals surface area contributed by atoms with Gasteiger partial charge in [0.2, 0.25) is 6.79 Å². The number of rotatable bonds is 6. The second-order valence-corrected chi connectivity index (χ2v) is 8.11. The Bertz CT molecular complexity index is 927. The molecule has 9 heteroatoms. The minimum absolute atomic E-state index is 0.0771. The van der Waals surface area contributed by atoms with E-state index in [1.165, 1.54) is 24.3 Å². The van der Waals surface area contributed by atoms with E-state index in [1.807, 2.05) is 13.8 Å². The third-order valence-electron chi connectivity index (χ3n) is 3.72. The van der Waals surface area contributed by atoms with Gasteiger partial charge in [0.1, 0.15) is 0 Å². The number of hydrogen-bond acceptors (Lipinski definition) is 5. The average molecular weight is 391 g/mol. The van der Waals surface area contributed by atoms with Crippen LogP contribution < -0.4 is 24.8 Å². The summed E-state index contributed by atoms with van der Waals surface area (Å²) in [5.74, 6) is 1.40. The van der Waals surface area contributed by atoms with Crippen molar-refractivity contribution in [3.8, 4) is 11.5 Å². The summed E-state index contributed by atoms with van der Waals surface area (Å²) in [5, 5.41) is 5.38. The number of nitrogens with one attached hydrogen (secondary N) is 3. The van der Waals surface area contributed by atoms with Crippen molar-refractivity contribution in [2.45, 2.75) is 18.7 Å². The van der Waals surface area contributed by atoms with E-state index in [0.29, 0.717) is 35.3 Å². The predicted octanol–water partition coefficient (Wildman–Crippen LogP) is 2.99. The van der Waals surface area contributed by atoms with E-state index in [2.05, 4.69) is 15.4 Å². The molecular formula is C18H21N3O5S. The Hall–Kier alpha value is -2.94. The van der Waals surface area contributed by atoms with Gasteiger partial charge < -0.3 is 20.1 Å². The smallest absolute Gasteiger partial charge is 0.319 e. The van der Waals surface area contributed by atoms with Gasteiger partial charge in [0.25, 0.3) is 10.0 Å². The first kappa shape index (κ1) is 18.8. The highest BCUT2D eigenvalue weighted by Gasteiger charge is 2.18. The Morgan fingerprint density at radius 3 is 2.41 bits per heavy atom. The van der Waals surface area contributed by atoms with Gasteiger partial charge in [-0.2, -0.15) is 0 Å². The second-order valence-electron chi connectivity index (χ2n) is 6.43. The van der Waals surface area contributed by atoms with Crippen LogP contribution >= 0.6 is 0 Å². The highest BCUT2D eigenvalue weighted by atomic mass is 32.2. The van der Waals surface area contributed by atoms with Crippen molar-refractivity contribution in [1.82, 2.24) is 5.32 Å². The van der Waals surface area contributed by atoms with Gasteiger partial charge in [-0.15, -0.1) is 0 Å². The fourth-order valence-corrected chi connectivity index (χ4v) is 3.41. The van der Waals surface area contributed by atoms with Gasteiger partial charge in [-0.25, -0.2) is 13.2 Å². The van der Waals surface area contributed by atoms with Crippen LogP contribution in [0.2, 0.25) is 0 Å². The largest absolute Gasteiger partial charge is 0.454 e. The number of anilines is 2. The number of amides is 2. The number of fused-ring (bicyclic) bond motifs is 1. The lowest BCUT2D eigenvalue weighted by Crippen LogP contribution is -2.31. The van der Waals surface area contributed by atoms with Crippen LogP contribution in [-0.4, -0.2) is 27.8 Å². The zero-order valence-electron chi connectivity index (χ0n) is 15.0. The minimum atomic E-state index is -3.77. The summed E-state index contributed by atoms with van der Waals surface area (Å²) in [7, 11) is -3.77. The molecule has 0 spiro atoms.